The fraction of sp³-hybridized carbons (Fsp3) is 0.556. The summed E-state index contributed by atoms with van der Waals surface area (Å²) in [5, 5.41) is 2.79. The molecule has 0 aromatic heterocycles. The van der Waals surface area contributed by atoms with Gasteiger partial charge in [-0.1, -0.05) is 32.9 Å². The molecule has 2 amide bonds. The van der Waals surface area contributed by atoms with Gasteiger partial charge in [-0.15, -0.1) is 0 Å². The van der Waals surface area contributed by atoms with Gasteiger partial charge in [0.2, 0.25) is 11.8 Å². The lowest BCUT2D eigenvalue weighted by Crippen LogP contribution is -2.49. The zero-order valence-corrected chi connectivity index (χ0v) is 14.6. The fourth-order valence-electron chi connectivity index (χ4n) is 2.61. The van der Waals surface area contributed by atoms with E-state index in [1.165, 1.54) is 6.07 Å². The SMILES string of the molecule is CC(C)(C)C(=O)NCCC(=O)N1CCN(c2ccccc2F)CC1. The number of rotatable bonds is 4. The molecule has 6 heteroatoms. The van der Waals surface area contributed by atoms with Crippen molar-refractivity contribution in [2.45, 2.75) is 27.2 Å². The topological polar surface area (TPSA) is 52.7 Å². The Balaban J connectivity index is 1.77. The van der Waals surface area contributed by atoms with E-state index >= 15 is 0 Å². The second-order valence-corrected chi connectivity index (χ2v) is 7.08. The van der Waals surface area contributed by atoms with Crippen molar-refractivity contribution in [3.8, 4) is 0 Å². The quantitative estimate of drug-likeness (QED) is 0.916. The van der Waals surface area contributed by atoms with Crippen molar-refractivity contribution < 1.29 is 14.0 Å². The Labute approximate surface area is 142 Å². The lowest BCUT2D eigenvalue weighted by Gasteiger charge is -2.36. The van der Waals surface area contributed by atoms with Crippen molar-refractivity contribution in [1.29, 1.82) is 0 Å². The average molecular weight is 335 g/mol. The number of carbonyl (C=O) groups excluding carboxylic acids is 2. The Morgan fingerprint density at radius 1 is 1.12 bits per heavy atom. The van der Waals surface area contributed by atoms with Crippen molar-refractivity contribution >= 4 is 17.5 Å². The molecule has 0 unspecified atom stereocenters. The summed E-state index contributed by atoms with van der Waals surface area (Å²) in [5.74, 6) is -0.265. The third kappa shape index (κ3) is 4.69. The summed E-state index contributed by atoms with van der Waals surface area (Å²) in [7, 11) is 0. The van der Waals surface area contributed by atoms with Crippen molar-refractivity contribution in [2.75, 3.05) is 37.6 Å². The van der Waals surface area contributed by atoms with Gasteiger partial charge in [-0.2, -0.15) is 0 Å². The van der Waals surface area contributed by atoms with Gasteiger partial charge in [-0.25, -0.2) is 4.39 Å². The number of benzene rings is 1. The summed E-state index contributed by atoms with van der Waals surface area (Å²) in [5.41, 5.74) is 0.135. The number of nitrogens with one attached hydrogen (secondary N) is 1. The number of anilines is 1. The van der Waals surface area contributed by atoms with E-state index in [-0.39, 0.29) is 17.6 Å². The van der Waals surface area contributed by atoms with Crippen LogP contribution in [0.2, 0.25) is 0 Å². The standard InChI is InChI=1S/C18H26FN3O2/c1-18(2,3)17(24)20-9-8-16(23)22-12-10-21(11-13-22)15-7-5-4-6-14(15)19/h4-7H,8-13H2,1-3H3,(H,20,24). The lowest BCUT2D eigenvalue weighted by molar-refractivity contribution is -0.132. The number of hydrogen-bond donors (Lipinski definition) is 1. The highest BCUT2D eigenvalue weighted by atomic mass is 19.1. The number of amides is 2. The highest BCUT2D eigenvalue weighted by molar-refractivity contribution is 5.82. The maximum absolute atomic E-state index is 13.8. The lowest BCUT2D eigenvalue weighted by atomic mass is 9.96. The zero-order valence-electron chi connectivity index (χ0n) is 14.6. The Morgan fingerprint density at radius 3 is 2.33 bits per heavy atom. The molecule has 1 aliphatic rings. The van der Waals surface area contributed by atoms with E-state index in [9.17, 15) is 14.0 Å². The minimum Gasteiger partial charge on any atom is -0.366 e. The summed E-state index contributed by atoms with van der Waals surface area (Å²) >= 11 is 0. The van der Waals surface area contributed by atoms with Crippen LogP contribution in [0.5, 0.6) is 0 Å². The molecule has 2 rings (SSSR count). The molecule has 1 aromatic carbocycles. The van der Waals surface area contributed by atoms with Crippen molar-refractivity contribution in [3.05, 3.63) is 30.1 Å². The number of carbonyl (C=O) groups is 2. The summed E-state index contributed by atoms with van der Waals surface area (Å²) in [6, 6.07) is 6.69. The van der Waals surface area contributed by atoms with Gasteiger partial charge in [0.1, 0.15) is 5.82 Å². The molecule has 0 atom stereocenters. The first-order valence-electron chi connectivity index (χ1n) is 8.34. The van der Waals surface area contributed by atoms with E-state index in [1.54, 1.807) is 17.0 Å². The summed E-state index contributed by atoms with van der Waals surface area (Å²) in [6.07, 6.45) is 0.293. The second-order valence-electron chi connectivity index (χ2n) is 7.08. The molecule has 1 fully saturated rings. The third-order valence-corrected chi connectivity index (χ3v) is 4.13. The zero-order chi connectivity index (χ0) is 17.7. The number of para-hydroxylation sites is 1. The third-order valence-electron chi connectivity index (χ3n) is 4.13. The van der Waals surface area contributed by atoms with Gasteiger partial charge >= 0.3 is 0 Å². The normalized spacial score (nSPS) is 15.3. The number of halogens is 1. The van der Waals surface area contributed by atoms with Crippen LogP contribution in [0.3, 0.4) is 0 Å². The highest BCUT2D eigenvalue weighted by Gasteiger charge is 2.24. The molecule has 1 aliphatic heterocycles. The van der Waals surface area contributed by atoms with Gasteiger partial charge in [0.15, 0.2) is 0 Å². The van der Waals surface area contributed by atoms with Crippen LogP contribution in [-0.4, -0.2) is 49.4 Å². The van der Waals surface area contributed by atoms with Crippen LogP contribution >= 0.6 is 0 Å². The molecule has 132 valence electrons. The van der Waals surface area contributed by atoms with E-state index in [0.29, 0.717) is 44.8 Å². The first-order chi connectivity index (χ1) is 11.3. The van der Waals surface area contributed by atoms with Crippen LogP contribution in [0.4, 0.5) is 10.1 Å². The van der Waals surface area contributed by atoms with Crippen LogP contribution in [0.25, 0.3) is 0 Å². The molecule has 1 heterocycles. The van der Waals surface area contributed by atoms with Crippen molar-refractivity contribution in [2.24, 2.45) is 5.41 Å². The Hall–Kier alpha value is -2.11. The number of nitrogens with zero attached hydrogens (tertiary/aromatic N) is 2. The smallest absolute Gasteiger partial charge is 0.225 e. The molecule has 1 aromatic rings. The van der Waals surface area contributed by atoms with Crippen LogP contribution in [-0.2, 0) is 9.59 Å². The molecule has 0 aliphatic carbocycles. The summed E-state index contributed by atoms with van der Waals surface area (Å²) in [6.45, 7) is 8.23. The monoisotopic (exact) mass is 335 g/mol. The first-order valence-corrected chi connectivity index (χ1v) is 8.34. The predicted octanol–water partition coefficient (Wildman–Crippen LogP) is 2.03. The number of piperazine rings is 1. The van der Waals surface area contributed by atoms with Crippen LogP contribution in [0.15, 0.2) is 24.3 Å². The molecule has 0 bridgehead atoms. The van der Waals surface area contributed by atoms with E-state index in [1.807, 2.05) is 31.7 Å². The maximum Gasteiger partial charge on any atom is 0.225 e. The van der Waals surface area contributed by atoms with Crippen LogP contribution in [0.1, 0.15) is 27.2 Å². The van der Waals surface area contributed by atoms with E-state index < -0.39 is 5.41 Å². The minimum atomic E-state index is -0.450. The van der Waals surface area contributed by atoms with Gasteiger partial charge in [0, 0.05) is 44.6 Å². The van der Waals surface area contributed by atoms with Crippen molar-refractivity contribution in [3.63, 3.8) is 0 Å². The molecule has 1 saturated heterocycles. The Kier molecular flexibility index (Phi) is 5.80. The minimum absolute atomic E-state index is 0.0254. The van der Waals surface area contributed by atoms with Crippen LogP contribution in [0, 0.1) is 11.2 Å². The van der Waals surface area contributed by atoms with Gasteiger partial charge in [-0.3, -0.25) is 9.59 Å². The highest BCUT2D eigenvalue weighted by Crippen LogP contribution is 2.20. The maximum atomic E-state index is 13.8. The molecule has 0 saturated carbocycles. The second kappa shape index (κ2) is 7.64. The molecular weight excluding hydrogens is 309 g/mol. The average Bonchev–Trinajstić information content (AvgIpc) is 2.54. The number of hydrogen-bond acceptors (Lipinski definition) is 3. The van der Waals surface area contributed by atoms with Gasteiger partial charge in [0.05, 0.1) is 5.69 Å². The summed E-state index contributed by atoms with van der Waals surface area (Å²) < 4.78 is 13.8. The summed E-state index contributed by atoms with van der Waals surface area (Å²) in [4.78, 5) is 27.7. The van der Waals surface area contributed by atoms with Gasteiger partial charge < -0.3 is 15.1 Å². The van der Waals surface area contributed by atoms with E-state index in [4.69, 9.17) is 0 Å². The first kappa shape index (κ1) is 18.2. The van der Waals surface area contributed by atoms with E-state index in [0.717, 1.165) is 0 Å². The largest absolute Gasteiger partial charge is 0.366 e. The van der Waals surface area contributed by atoms with E-state index in [2.05, 4.69) is 5.32 Å². The van der Waals surface area contributed by atoms with Crippen molar-refractivity contribution in [1.82, 2.24) is 10.2 Å². The van der Waals surface area contributed by atoms with Gasteiger partial charge in [-0.05, 0) is 12.1 Å². The molecular formula is C18H26FN3O2. The molecule has 0 spiro atoms. The molecule has 24 heavy (non-hydrogen) atoms. The molecule has 5 nitrogen and oxygen atoms in total. The van der Waals surface area contributed by atoms with Crippen LogP contribution < -0.4 is 10.2 Å². The van der Waals surface area contributed by atoms with Gasteiger partial charge in [0.25, 0.3) is 0 Å². The Bertz CT molecular complexity index is 590. The fourth-order valence-corrected chi connectivity index (χ4v) is 2.61. The molecule has 0 radical (unpaired) electrons. The Morgan fingerprint density at radius 2 is 1.75 bits per heavy atom. The predicted molar refractivity (Wildman–Crippen MR) is 92.3 cm³/mol. The molecule has 1 N–H and O–H groups in total.